The van der Waals surface area contributed by atoms with Crippen LogP contribution in [0.3, 0.4) is 0 Å². The van der Waals surface area contributed by atoms with E-state index in [2.05, 4.69) is 50.2 Å². The molecular formula is C28H33N3O3S. The standard InChI is InChI=1S/C28H33N3O3S/c1-16-8-9-22(18(3)10-16)29-25(32)15-31-26(33)24(35-27(31)34)13-20-12-21-19(4)14-28(5,6)30(7)23(21)11-17(20)2/h8-13,19H,14-15H2,1-7H3,(H,29,32)/b24-13-. The number of amides is 3. The molecule has 2 aliphatic heterocycles. The molecule has 0 spiro atoms. The molecule has 2 aliphatic rings. The summed E-state index contributed by atoms with van der Waals surface area (Å²) in [5.41, 5.74) is 7.19. The maximum atomic E-state index is 13.0. The maximum Gasteiger partial charge on any atom is 0.294 e. The zero-order valence-electron chi connectivity index (χ0n) is 21.5. The molecule has 3 amide bonds. The van der Waals surface area contributed by atoms with Crippen molar-refractivity contribution in [2.24, 2.45) is 0 Å². The molecule has 1 N–H and O–H groups in total. The molecule has 35 heavy (non-hydrogen) atoms. The number of benzene rings is 2. The number of nitrogens with one attached hydrogen (secondary N) is 1. The van der Waals surface area contributed by atoms with Crippen molar-refractivity contribution in [3.05, 3.63) is 63.1 Å². The van der Waals surface area contributed by atoms with Gasteiger partial charge < -0.3 is 10.2 Å². The number of carbonyl (C=O) groups is 3. The topological polar surface area (TPSA) is 69.7 Å². The molecule has 184 valence electrons. The van der Waals surface area contributed by atoms with Crippen molar-refractivity contribution in [1.82, 2.24) is 4.90 Å². The van der Waals surface area contributed by atoms with E-state index in [9.17, 15) is 14.4 Å². The van der Waals surface area contributed by atoms with Crippen molar-refractivity contribution < 1.29 is 14.4 Å². The van der Waals surface area contributed by atoms with Gasteiger partial charge in [-0.2, -0.15) is 0 Å². The van der Waals surface area contributed by atoms with Gasteiger partial charge in [0.1, 0.15) is 6.54 Å². The molecule has 2 aromatic rings. The number of imide groups is 1. The number of hydrogen-bond acceptors (Lipinski definition) is 5. The summed E-state index contributed by atoms with van der Waals surface area (Å²) in [6.07, 6.45) is 2.82. The minimum absolute atomic E-state index is 0.0702. The third-order valence-electron chi connectivity index (χ3n) is 7.14. The van der Waals surface area contributed by atoms with E-state index in [1.807, 2.05) is 39.0 Å². The first-order valence-electron chi connectivity index (χ1n) is 11.9. The zero-order valence-corrected chi connectivity index (χ0v) is 22.3. The van der Waals surface area contributed by atoms with Gasteiger partial charge >= 0.3 is 0 Å². The molecular weight excluding hydrogens is 458 g/mol. The van der Waals surface area contributed by atoms with Crippen LogP contribution < -0.4 is 10.2 Å². The Kier molecular flexibility index (Phi) is 6.58. The third kappa shape index (κ3) is 4.87. The van der Waals surface area contributed by atoms with Crippen LogP contribution in [-0.4, -0.2) is 41.1 Å². The Hall–Kier alpha value is -3.06. The Bertz CT molecular complexity index is 1260. The Labute approximate surface area is 211 Å². The van der Waals surface area contributed by atoms with Gasteiger partial charge in [0.25, 0.3) is 11.1 Å². The smallest absolute Gasteiger partial charge is 0.294 e. The van der Waals surface area contributed by atoms with Crippen molar-refractivity contribution in [2.75, 3.05) is 23.8 Å². The average Bonchev–Trinajstić information content (AvgIpc) is 3.02. The molecule has 0 bridgehead atoms. The highest BCUT2D eigenvalue weighted by Gasteiger charge is 2.37. The van der Waals surface area contributed by atoms with Gasteiger partial charge in [0, 0.05) is 24.0 Å². The number of thioether (sulfide) groups is 1. The van der Waals surface area contributed by atoms with E-state index in [1.165, 1.54) is 11.3 Å². The largest absolute Gasteiger partial charge is 0.369 e. The summed E-state index contributed by atoms with van der Waals surface area (Å²) in [5, 5.41) is 2.38. The fourth-order valence-corrected chi connectivity index (χ4v) is 5.78. The molecule has 0 saturated carbocycles. The molecule has 2 heterocycles. The Morgan fingerprint density at radius 2 is 1.86 bits per heavy atom. The van der Waals surface area contributed by atoms with Gasteiger partial charge in [-0.25, -0.2) is 0 Å². The normalized spacial score (nSPS) is 20.4. The van der Waals surface area contributed by atoms with E-state index in [0.29, 0.717) is 16.5 Å². The van der Waals surface area contributed by atoms with Crippen LogP contribution in [0.15, 0.2) is 35.2 Å². The first kappa shape index (κ1) is 25.0. The SMILES string of the molecule is Cc1ccc(NC(=O)CN2C(=O)S/C(=C\c3cc4c(cc3C)N(C)C(C)(C)CC4C)C2=O)c(C)c1. The van der Waals surface area contributed by atoms with E-state index in [4.69, 9.17) is 0 Å². The van der Waals surface area contributed by atoms with Crippen LogP contribution in [-0.2, 0) is 9.59 Å². The average molecular weight is 492 g/mol. The van der Waals surface area contributed by atoms with Gasteiger partial charge in [0.05, 0.1) is 4.91 Å². The summed E-state index contributed by atoms with van der Waals surface area (Å²) in [4.78, 5) is 41.9. The molecule has 1 atom stereocenters. The van der Waals surface area contributed by atoms with Gasteiger partial charge in [-0.05, 0) is 105 Å². The molecule has 0 aliphatic carbocycles. The fraction of sp³-hybridized carbons (Fsp3) is 0.393. The molecule has 6 nitrogen and oxygen atoms in total. The van der Waals surface area contributed by atoms with Crippen LogP contribution in [0, 0.1) is 20.8 Å². The summed E-state index contributed by atoms with van der Waals surface area (Å²) < 4.78 is 0. The molecule has 1 unspecified atom stereocenters. The highest BCUT2D eigenvalue weighted by Crippen LogP contribution is 2.44. The first-order valence-corrected chi connectivity index (χ1v) is 12.7. The number of aryl methyl sites for hydroxylation is 3. The first-order chi connectivity index (χ1) is 16.4. The molecule has 1 saturated heterocycles. The van der Waals surface area contributed by atoms with Crippen LogP contribution >= 0.6 is 11.8 Å². The van der Waals surface area contributed by atoms with E-state index in [-0.39, 0.29) is 12.1 Å². The predicted octanol–water partition coefficient (Wildman–Crippen LogP) is 6.01. The molecule has 1 fully saturated rings. The van der Waals surface area contributed by atoms with Crippen molar-refractivity contribution in [1.29, 1.82) is 0 Å². The minimum Gasteiger partial charge on any atom is -0.369 e. The van der Waals surface area contributed by atoms with E-state index >= 15 is 0 Å². The van der Waals surface area contributed by atoms with Crippen LogP contribution in [0.2, 0.25) is 0 Å². The van der Waals surface area contributed by atoms with Crippen molar-refractivity contribution in [3.8, 4) is 0 Å². The van der Waals surface area contributed by atoms with Crippen LogP contribution in [0.25, 0.3) is 6.08 Å². The number of rotatable bonds is 4. The zero-order chi connectivity index (χ0) is 25.7. The van der Waals surface area contributed by atoms with Gasteiger partial charge in [0.15, 0.2) is 0 Å². The highest BCUT2D eigenvalue weighted by molar-refractivity contribution is 8.18. The number of fused-ring (bicyclic) bond motifs is 1. The van der Waals surface area contributed by atoms with Crippen LogP contribution in [0.5, 0.6) is 0 Å². The second-order valence-corrected chi connectivity index (χ2v) is 11.4. The Balaban J connectivity index is 1.54. The monoisotopic (exact) mass is 491 g/mol. The van der Waals surface area contributed by atoms with Gasteiger partial charge in [-0.1, -0.05) is 24.6 Å². The lowest BCUT2D eigenvalue weighted by Crippen LogP contribution is -2.45. The third-order valence-corrected chi connectivity index (χ3v) is 8.05. The quantitative estimate of drug-likeness (QED) is 0.531. The fourth-order valence-electron chi connectivity index (χ4n) is 4.95. The maximum absolute atomic E-state index is 13.0. The lowest BCUT2D eigenvalue weighted by atomic mass is 9.79. The van der Waals surface area contributed by atoms with Crippen molar-refractivity contribution in [3.63, 3.8) is 0 Å². The Morgan fingerprint density at radius 3 is 2.54 bits per heavy atom. The van der Waals surface area contributed by atoms with Gasteiger partial charge in [-0.15, -0.1) is 0 Å². The molecule has 4 rings (SSSR count). The van der Waals surface area contributed by atoms with E-state index in [0.717, 1.165) is 45.3 Å². The lowest BCUT2D eigenvalue weighted by molar-refractivity contribution is -0.127. The highest BCUT2D eigenvalue weighted by atomic mass is 32.2. The van der Waals surface area contributed by atoms with Crippen molar-refractivity contribution in [2.45, 2.75) is 59.4 Å². The Morgan fingerprint density at radius 1 is 1.14 bits per heavy atom. The number of hydrogen-bond donors (Lipinski definition) is 1. The van der Waals surface area contributed by atoms with Crippen LogP contribution in [0.1, 0.15) is 60.9 Å². The number of carbonyl (C=O) groups excluding carboxylic acids is 3. The lowest BCUT2D eigenvalue weighted by Gasteiger charge is -2.45. The van der Waals surface area contributed by atoms with E-state index in [1.54, 1.807) is 6.08 Å². The summed E-state index contributed by atoms with van der Waals surface area (Å²) in [5.74, 6) is -0.447. The predicted molar refractivity (Wildman–Crippen MR) is 144 cm³/mol. The van der Waals surface area contributed by atoms with Crippen LogP contribution in [0.4, 0.5) is 16.2 Å². The number of nitrogens with zero attached hydrogens (tertiary/aromatic N) is 2. The molecule has 2 aromatic carbocycles. The summed E-state index contributed by atoms with van der Waals surface area (Å²) in [7, 11) is 2.12. The summed E-state index contributed by atoms with van der Waals surface area (Å²) in [6, 6.07) is 10.0. The second-order valence-electron chi connectivity index (χ2n) is 10.4. The second kappa shape index (κ2) is 9.19. The van der Waals surface area contributed by atoms with Gasteiger partial charge in [0.2, 0.25) is 5.91 Å². The number of anilines is 2. The summed E-state index contributed by atoms with van der Waals surface area (Å²) >= 11 is 0.885. The molecule has 7 heteroatoms. The molecule has 0 radical (unpaired) electrons. The van der Waals surface area contributed by atoms with E-state index < -0.39 is 17.1 Å². The van der Waals surface area contributed by atoms with Gasteiger partial charge in [-0.3, -0.25) is 19.3 Å². The van der Waals surface area contributed by atoms with Crippen molar-refractivity contribution >= 4 is 46.3 Å². The summed E-state index contributed by atoms with van der Waals surface area (Å²) in [6.45, 7) is 12.3. The minimum atomic E-state index is -0.431. The molecule has 0 aromatic heterocycles.